The average Bonchev–Trinajstić information content (AvgIpc) is 2.28. The zero-order valence-corrected chi connectivity index (χ0v) is 9.77. The largest absolute Gasteiger partial charge is 0.497 e. The first kappa shape index (κ1) is 12.6. The Morgan fingerprint density at radius 2 is 2.25 bits per heavy atom. The van der Waals surface area contributed by atoms with Crippen molar-refractivity contribution in [1.29, 1.82) is 0 Å². The van der Waals surface area contributed by atoms with Crippen LogP contribution in [0.3, 0.4) is 0 Å². The van der Waals surface area contributed by atoms with Crippen molar-refractivity contribution in [3.63, 3.8) is 0 Å². The fourth-order valence-corrected chi connectivity index (χ4v) is 1.75. The number of ether oxygens (including phenoxy) is 1. The summed E-state index contributed by atoms with van der Waals surface area (Å²) in [5.41, 5.74) is 1.01. The maximum absolute atomic E-state index is 11.0. The molecule has 0 aromatic heterocycles. The standard InChI is InChI=1S/C13H18O3/c1-3-5-11(13(14)15)8-10-6-4-7-12(9-10)16-2/h4,6-7,9,11H,3,5,8H2,1-2H3,(H,14,15). The van der Waals surface area contributed by atoms with Gasteiger partial charge in [-0.1, -0.05) is 25.5 Å². The van der Waals surface area contributed by atoms with Gasteiger partial charge in [0.1, 0.15) is 5.75 Å². The van der Waals surface area contributed by atoms with Crippen LogP contribution in [-0.2, 0) is 11.2 Å². The maximum Gasteiger partial charge on any atom is 0.306 e. The van der Waals surface area contributed by atoms with Crippen molar-refractivity contribution in [2.45, 2.75) is 26.2 Å². The summed E-state index contributed by atoms with van der Waals surface area (Å²) in [6.07, 6.45) is 2.17. The summed E-state index contributed by atoms with van der Waals surface area (Å²) < 4.78 is 5.11. The third-order valence-electron chi connectivity index (χ3n) is 2.60. The molecule has 88 valence electrons. The van der Waals surface area contributed by atoms with Gasteiger partial charge in [-0.3, -0.25) is 4.79 Å². The van der Waals surface area contributed by atoms with Gasteiger partial charge in [0.2, 0.25) is 0 Å². The zero-order chi connectivity index (χ0) is 12.0. The van der Waals surface area contributed by atoms with E-state index >= 15 is 0 Å². The third kappa shape index (κ3) is 3.57. The second kappa shape index (κ2) is 6.16. The van der Waals surface area contributed by atoms with Crippen molar-refractivity contribution in [2.24, 2.45) is 5.92 Å². The van der Waals surface area contributed by atoms with E-state index in [-0.39, 0.29) is 5.92 Å². The highest BCUT2D eigenvalue weighted by Crippen LogP contribution is 2.18. The van der Waals surface area contributed by atoms with Gasteiger partial charge in [0.25, 0.3) is 0 Å². The molecule has 0 aliphatic carbocycles. The van der Waals surface area contributed by atoms with Gasteiger partial charge < -0.3 is 9.84 Å². The Hall–Kier alpha value is -1.51. The number of aliphatic carboxylic acids is 1. The lowest BCUT2D eigenvalue weighted by molar-refractivity contribution is -0.141. The van der Waals surface area contributed by atoms with Crippen molar-refractivity contribution < 1.29 is 14.6 Å². The van der Waals surface area contributed by atoms with Crippen LogP contribution in [0.2, 0.25) is 0 Å². The number of carboxylic acid groups (broad SMARTS) is 1. The molecule has 1 N–H and O–H groups in total. The minimum Gasteiger partial charge on any atom is -0.497 e. The molecule has 1 aromatic rings. The second-order valence-electron chi connectivity index (χ2n) is 3.88. The summed E-state index contributed by atoms with van der Waals surface area (Å²) in [6, 6.07) is 7.58. The molecule has 3 heteroatoms. The van der Waals surface area contributed by atoms with Gasteiger partial charge in [0.15, 0.2) is 0 Å². The lowest BCUT2D eigenvalue weighted by atomic mass is 9.95. The van der Waals surface area contributed by atoms with E-state index in [1.807, 2.05) is 31.2 Å². The van der Waals surface area contributed by atoms with Crippen LogP contribution in [0.4, 0.5) is 0 Å². The number of carbonyl (C=O) groups is 1. The van der Waals surface area contributed by atoms with Crippen LogP contribution in [0.25, 0.3) is 0 Å². The monoisotopic (exact) mass is 222 g/mol. The molecule has 0 aliphatic heterocycles. The molecular weight excluding hydrogens is 204 g/mol. The number of carboxylic acids is 1. The van der Waals surface area contributed by atoms with Gasteiger partial charge in [0.05, 0.1) is 13.0 Å². The van der Waals surface area contributed by atoms with E-state index < -0.39 is 5.97 Å². The summed E-state index contributed by atoms with van der Waals surface area (Å²) in [5, 5.41) is 9.06. The van der Waals surface area contributed by atoms with Crippen LogP contribution in [-0.4, -0.2) is 18.2 Å². The molecule has 0 saturated carbocycles. The van der Waals surface area contributed by atoms with Crippen molar-refractivity contribution in [3.8, 4) is 5.75 Å². The quantitative estimate of drug-likeness (QED) is 0.805. The summed E-state index contributed by atoms with van der Waals surface area (Å²) in [6.45, 7) is 2.00. The highest BCUT2D eigenvalue weighted by atomic mass is 16.5. The predicted molar refractivity (Wildman–Crippen MR) is 62.7 cm³/mol. The molecule has 0 amide bonds. The number of hydrogen-bond acceptors (Lipinski definition) is 2. The van der Waals surface area contributed by atoms with Crippen LogP contribution >= 0.6 is 0 Å². The van der Waals surface area contributed by atoms with Crippen LogP contribution in [0, 0.1) is 5.92 Å². The van der Waals surface area contributed by atoms with E-state index in [9.17, 15) is 4.79 Å². The Morgan fingerprint density at radius 3 is 2.81 bits per heavy atom. The molecule has 0 bridgehead atoms. The highest BCUT2D eigenvalue weighted by Gasteiger charge is 2.16. The van der Waals surface area contributed by atoms with Gasteiger partial charge >= 0.3 is 5.97 Å². The molecule has 1 atom stereocenters. The Labute approximate surface area is 96.1 Å². The summed E-state index contributed by atoms with van der Waals surface area (Å²) >= 11 is 0. The molecule has 0 fully saturated rings. The molecule has 3 nitrogen and oxygen atoms in total. The summed E-state index contributed by atoms with van der Waals surface area (Å²) in [5.74, 6) is -0.236. The molecule has 0 aliphatic rings. The van der Waals surface area contributed by atoms with Gasteiger partial charge in [-0.2, -0.15) is 0 Å². The first-order valence-electron chi connectivity index (χ1n) is 5.53. The molecule has 0 spiro atoms. The summed E-state index contributed by atoms with van der Waals surface area (Å²) in [4.78, 5) is 11.0. The molecule has 1 unspecified atom stereocenters. The molecule has 0 saturated heterocycles. The predicted octanol–water partition coefficient (Wildman–Crippen LogP) is 2.74. The van der Waals surface area contributed by atoms with Crippen molar-refractivity contribution >= 4 is 5.97 Å². The molecule has 1 aromatic carbocycles. The highest BCUT2D eigenvalue weighted by molar-refractivity contribution is 5.70. The smallest absolute Gasteiger partial charge is 0.306 e. The fraction of sp³-hybridized carbons (Fsp3) is 0.462. The fourth-order valence-electron chi connectivity index (χ4n) is 1.75. The Bertz CT molecular complexity index is 347. The SMILES string of the molecule is CCCC(Cc1cccc(OC)c1)C(=O)O. The van der Waals surface area contributed by atoms with E-state index in [2.05, 4.69) is 0 Å². The minimum atomic E-state index is -0.718. The Kier molecular flexibility index (Phi) is 4.83. The van der Waals surface area contributed by atoms with Gasteiger partial charge in [0, 0.05) is 0 Å². The summed E-state index contributed by atoms with van der Waals surface area (Å²) in [7, 11) is 1.61. The van der Waals surface area contributed by atoms with Gasteiger partial charge in [-0.15, -0.1) is 0 Å². The molecule has 0 radical (unpaired) electrons. The van der Waals surface area contributed by atoms with E-state index in [1.54, 1.807) is 7.11 Å². The molecule has 1 rings (SSSR count). The Morgan fingerprint density at radius 1 is 1.50 bits per heavy atom. The number of rotatable bonds is 6. The van der Waals surface area contributed by atoms with Gasteiger partial charge in [-0.25, -0.2) is 0 Å². The van der Waals surface area contributed by atoms with Crippen LogP contribution in [0.1, 0.15) is 25.3 Å². The van der Waals surface area contributed by atoms with E-state index in [0.717, 1.165) is 17.7 Å². The van der Waals surface area contributed by atoms with Crippen LogP contribution in [0.5, 0.6) is 5.75 Å². The minimum absolute atomic E-state index is 0.294. The maximum atomic E-state index is 11.0. The van der Waals surface area contributed by atoms with Crippen LogP contribution in [0.15, 0.2) is 24.3 Å². The lowest BCUT2D eigenvalue weighted by Crippen LogP contribution is -2.16. The molecular formula is C13H18O3. The number of methoxy groups -OCH3 is 1. The third-order valence-corrected chi connectivity index (χ3v) is 2.60. The first-order valence-corrected chi connectivity index (χ1v) is 5.53. The topological polar surface area (TPSA) is 46.5 Å². The van der Waals surface area contributed by atoms with Gasteiger partial charge in [-0.05, 0) is 30.5 Å². The molecule has 16 heavy (non-hydrogen) atoms. The second-order valence-corrected chi connectivity index (χ2v) is 3.88. The van der Waals surface area contributed by atoms with Crippen LogP contribution < -0.4 is 4.74 Å². The van der Waals surface area contributed by atoms with Crippen molar-refractivity contribution in [1.82, 2.24) is 0 Å². The molecule has 0 heterocycles. The Balaban J connectivity index is 2.72. The number of benzene rings is 1. The van der Waals surface area contributed by atoms with Crippen molar-refractivity contribution in [3.05, 3.63) is 29.8 Å². The first-order chi connectivity index (χ1) is 7.67. The average molecular weight is 222 g/mol. The normalized spacial score (nSPS) is 12.1. The van der Waals surface area contributed by atoms with E-state index in [0.29, 0.717) is 12.8 Å². The number of hydrogen-bond donors (Lipinski definition) is 1. The lowest BCUT2D eigenvalue weighted by Gasteiger charge is -2.11. The zero-order valence-electron chi connectivity index (χ0n) is 9.77. The van der Waals surface area contributed by atoms with E-state index in [1.165, 1.54) is 0 Å². The van der Waals surface area contributed by atoms with Crippen molar-refractivity contribution in [2.75, 3.05) is 7.11 Å². The van der Waals surface area contributed by atoms with E-state index in [4.69, 9.17) is 9.84 Å².